The van der Waals surface area contributed by atoms with Gasteiger partial charge in [0.15, 0.2) is 23.3 Å². The molecule has 0 aliphatic heterocycles. The summed E-state index contributed by atoms with van der Waals surface area (Å²) in [6.07, 6.45) is 5.62. The zero-order chi connectivity index (χ0) is 14.1. The fourth-order valence-electron chi connectivity index (χ4n) is 2.65. The number of nitrogens with one attached hydrogen (secondary N) is 1. The minimum atomic E-state index is -1.48. The van der Waals surface area contributed by atoms with Gasteiger partial charge in [-0.2, -0.15) is 5.10 Å². The Hall–Kier alpha value is -1.85. The van der Waals surface area contributed by atoms with E-state index in [1.54, 1.807) is 0 Å². The highest BCUT2D eigenvalue weighted by Gasteiger charge is 2.20. The van der Waals surface area contributed by atoms with Crippen LogP contribution >= 0.6 is 0 Å². The Balaban J connectivity index is 1.89. The van der Waals surface area contributed by atoms with E-state index < -0.39 is 17.5 Å². The molecular weight excluding hydrogens is 267 g/mol. The van der Waals surface area contributed by atoms with Gasteiger partial charge in [0, 0.05) is 11.5 Å². The summed E-state index contributed by atoms with van der Waals surface area (Å²) in [5.41, 5.74) is 0.139. The molecule has 3 rings (SSSR count). The molecule has 0 spiro atoms. The predicted octanol–water partition coefficient (Wildman–Crippen LogP) is 3.94. The van der Waals surface area contributed by atoms with Crippen molar-refractivity contribution in [3.63, 3.8) is 0 Å². The van der Waals surface area contributed by atoms with Crippen molar-refractivity contribution >= 4 is 0 Å². The van der Waals surface area contributed by atoms with Crippen LogP contribution in [0, 0.1) is 17.5 Å². The molecule has 3 nitrogen and oxygen atoms in total. The molecule has 1 N–H and O–H groups in total. The number of nitrogens with zero attached hydrogens (tertiary/aromatic N) is 2. The van der Waals surface area contributed by atoms with Crippen LogP contribution in [-0.2, 0) is 0 Å². The molecule has 2 aromatic rings. The summed E-state index contributed by atoms with van der Waals surface area (Å²) in [4.78, 5) is 4.29. The van der Waals surface area contributed by atoms with E-state index in [2.05, 4.69) is 15.2 Å². The molecule has 1 aliphatic rings. The quantitative estimate of drug-likeness (QED) is 0.847. The molecule has 20 heavy (non-hydrogen) atoms. The summed E-state index contributed by atoms with van der Waals surface area (Å²) in [6, 6.07) is 1.82. The second kappa shape index (κ2) is 5.26. The molecule has 1 aromatic heterocycles. The van der Waals surface area contributed by atoms with Crippen molar-refractivity contribution in [2.75, 3.05) is 0 Å². The van der Waals surface area contributed by atoms with E-state index in [4.69, 9.17) is 0 Å². The lowest BCUT2D eigenvalue weighted by Gasteiger charge is -2.18. The van der Waals surface area contributed by atoms with Gasteiger partial charge in [0.05, 0.1) is 0 Å². The summed E-state index contributed by atoms with van der Waals surface area (Å²) in [5, 5.41) is 6.81. The third-order valence-electron chi connectivity index (χ3n) is 3.74. The summed E-state index contributed by atoms with van der Waals surface area (Å²) in [7, 11) is 0. The predicted molar refractivity (Wildman–Crippen MR) is 67.5 cm³/mol. The molecule has 0 atom stereocenters. The fraction of sp³-hybridized carbons (Fsp3) is 0.429. The van der Waals surface area contributed by atoms with Crippen molar-refractivity contribution in [3.05, 3.63) is 35.4 Å². The second-order valence-electron chi connectivity index (χ2n) is 5.13. The number of aromatic amines is 1. The third-order valence-corrected chi connectivity index (χ3v) is 3.74. The summed E-state index contributed by atoms with van der Waals surface area (Å²) in [6.45, 7) is 0. The first-order valence-electron chi connectivity index (χ1n) is 6.72. The third kappa shape index (κ3) is 2.42. The van der Waals surface area contributed by atoms with E-state index in [1.807, 2.05) is 0 Å². The lowest BCUT2D eigenvalue weighted by atomic mass is 9.89. The van der Waals surface area contributed by atoms with E-state index in [-0.39, 0.29) is 11.4 Å². The number of rotatable bonds is 2. The van der Waals surface area contributed by atoms with Crippen molar-refractivity contribution in [1.29, 1.82) is 0 Å². The van der Waals surface area contributed by atoms with Crippen LogP contribution in [0.1, 0.15) is 43.8 Å². The minimum absolute atomic E-state index is 0.139. The topological polar surface area (TPSA) is 41.6 Å². The summed E-state index contributed by atoms with van der Waals surface area (Å²) < 4.78 is 39.3. The summed E-state index contributed by atoms with van der Waals surface area (Å²) >= 11 is 0. The van der Waals surface area contributed by atoms with Gasteiger partial charge in [-0.05, 0) is 25.0 Å². The summed E-state index contributed by atoms with van der Waals surface area (Å²) in [5.74, 6) is -2.68. The van der Waals surface area contributed by atoms with Crippen molar-refractivity contribution in [2.24, 2.45) is 0 Å². The van der Waals surface area contributed by atoms with Gasteiger partial charge < -0.3 is 0 Å². The Labute approximate surface area is 114 Å². The number of hydrogen-bond donors (Lipinski definition) is 1. The number of hydrogen-bond acceptors (Lipinski definition) is 2. The second-order valence-corrected chi connectivity index (χ2v) is 5.13. The van der Waals surface area contributed by atoms with Crippen LogP contribution in [0.15, 0.2) is 12.1 Å². The molecule has 0 bridgehead atoms. The number of H-pyrrole nitrogens is 1. The molecule has 1 heterocycles. The maximum atomic E-state index is 13.2. The van der Waals surface area contributed by atoms with E-state index >= 15 is 0 Å². The van der Waals surface area contributed by atoms with Gasteiger partial charge in [0.25, 0.3) is 0 Å². The maximum Gasteiger partial charge on any atom is 0.194 e. The maximum absolute atomic E-state index is 13.2. The molecule has 1 saturated carbocycles. The largest absolute Gasteiger partial charge is 0.262 e. The van der Waals surface area contributed by atoms with Crippen LogP contribution in [0.25, 0.3) is 11.4 Å². The van der Waals surface area contributed by atoms with Crippen LogP contribution in [0.3, 0.4) is 0 Å². The average molecular weight is 281 g/mol. The SMILES string of the molecule is Fc1cc(-c2n[nH]c(C3CCCCC3)n2)cc(F)c1F. The molecule has 1 aromatic carbocycles. The molecule has 0 saturated heterocycles. The van der Waals surface area contributed by atoms with E-state index in [9.17, 15) is 13.2 Å². The van der Waals surface area contributed by atoms with Gasteiger partial charge in [0.1, 0.15) is 5.82 Å². The molecule has 6 heteroatoms. The Morgan fingerprint density at radius 1 is 1.00 bits per heavy atom. The van der Waals surface area contributed by atoms with Gasteiger partial charge in [-0.25, -0.2) is 18.2 Å². The molecule has 0 unspecified atom stereocenters. The van der Waals surface area contributed by atoms with Crippen LogP contribution in [-0.4, -0.2) is 15.2 Å². The van der Waals surface area contributed by atoms with Crippen LogP contribution in [0.5, 0.6) is 0 Å². The van der Waals surface area contributed by atoms with Crippen LogP contribution < -0.4 is 0 Å². The lowest BCUT2D eigenvalue weighted by Crippen LogP contribution is -2.06. The van der Waals surface area contributed by atoms with Crippen LogP contribution in [0.2, 0.25) is 0 Å². The standard InChI is InChI=1S/C14H14F3N3/c15-10-6-9(7-11(16)12(10)17)14-18-13(19-20-14)8-4-2-1-3-5-8/h6-8H,1-5H2,(H,18,19,20). The average Bonchev–Trinajstić information content (AvgIpc) is 2.95. The highest BCUT2D eigenvalue weighted by molar-refractivity contribution is 5.54. The van der Waals surface area contributed by atoms with E-state index in [0.29, 0.717) is 5.92 Å². The van der Waals surface area contributed by atoms with E-state index in [1.165, 1.54) is 6.42 Å². The van der Waals surface area contributed by atoms with Gasteiger partial charge in [-0.1, -0.05) is 19.3 Å². The molecule has 1 fully saturated rings. The number of benzene rings is 1. The molecular formula is C14H14F3N3. The van der Waals surface area contributed by atoms with Crippen molar-refractivity contribution in [3.8, 4) is 11.4 Å². The van der Waals surface area contributed by atoms with Crippen molar-refractivity contribution < 1.29 is 13.2 Å². The fourth-order valence-corrected chi connectivity index (χ4v) is 2.65. The van der Waals surface area contributed by atoms with Gasteiger partial charge >= 0.3 is 0 Å². The molecule has 0 radical (unpaired) electrons. The highest BCUT2D eigenvalue weighted by atomic mass is 19.2. The van der Waals surface area contributed by atoms with Gasteiger partial charge in [0.2, 0.25) is 0 Å². The highest BCUT2D eigenvalue weighted by Crippen LogP contribution is 2.31. The lowest BCUT2D eigenvalue weighted by molar-refractivity contribution is 0.429. The molecule has 1 aliphatic carbocycles. The Bertz CT molecular complexity index is 595. The van der Waals surface area contributed by atoms with Crippen LogP contribution in [0.4, 0.5) is 13.2 Å². The number of halogens is 3. The first-order valence-corrected chi connectivity index (χ1v) is 6.72. The van der Waals surface area contributed by atoms with Crippen molar-refractivity contribution in [1.82, 2.24) is 15.2 Å². The monoisotopic (exact) mass is 281 g/mol. The smallest absolute Gasteiger partial charge is 0.194 e. The van der Waals surface area contributed by atoms with Crippen molar-refractivity contribution in [2.45, 2.75) is 38.0 Å². The first-order chi connectivity index (χ1) is 9.65. The molecule has 0 amide bonds. The van der Waals surface area contributed by atoms with Gasteiger partial charge in [-0.3, -0.25) is 5.10 Å². The zero-order valence-electron chi connectivity index (χ0n) is 10.8. The molecule has 106 valence electrons. The minimum Gasteiger partial charge on any atom is -0.262 e. The normalized spacial score (nSPS) is 16.6. The van der Waals surface area contributed by atoms with Gasteiger partial charge in [-0.15, -0.1) is 0 Å². The number of aromatic nitrogens is 3. The Morgan fingerprint density at radius 3 is 2.30 bits per heavy atom. The first kappa shape index (κ1) is 13.1. The zero-order valence-corrected chi connectivity index (χ0v) is 10.8. The Morgan fingerprint density at radius 2 is 1.65 bits per heavy atom. The van der Waals surface area contributed by atoms with E-state index in [0.717, 1.165) is 43.6 Å². The Kier molecular flexibility index (Phi) is 3.46.